The monoisotopic (exact) mass is 855 g/mol. The Labute approximate surface area is 391 Å². The zero-order chi connectivity index (χ0) is 44.3. The van der Waals surface area contributed by atoms with Crippen LogP contribution in [0.15, 0.2) is 259 Å². The first-order chi connectivity index (χ1) is 33.2. The van der Waals surface area contributed by atoms with Crippen molar-refractivity contribution in [2.75, 3.05) is 4.90 Å². The van der Waals surface area contributed by atoms with Crippen molar-refractivity contribution in [3.63, 3.8) is 0 Å². The predicted molar refractivity (Wildman–Crippen MR) is 280 cm³/mol. The molecule has 2 nitrogen and oxygen atoms in total. The normalized spacial score (nSPS) is 13.9. The lowest BCUT2D eigenvalue weighted by molar-refractivity contribution is 0.670. The van der Waals surface area contributed by atoms with Crippen molar-refractivity contribution in [2.24, 2.45) is 0 Å². The van der Waals surface area contributed by atoms with E-state index in [1.807, 2.05) is 6.07 Å². The number of anilines is 3. The molecule has 0 unspecified atom stereocenters. The molecule has 316 valence electrons. The van der Waals surface area contributed by atoms with Gasteiger partial charge in [0.25, 0.3) is 0 Å². The third-order valence-corrected chi connectivity index (χ3v) is 14.2. The molecule has 10 aromatic carbocycles. The molecule has 0 saturated heterocycles. The zero-order valence-corrected chi connectivity index (χ0v) is 36.9. The minimum Gasteiger partial charge on any atom is -0.455 e. The number of hydrogen-bond acceptors (Lipinski definition) is 2. The van der Waals surface area contributed by atoms with Gasteiger partial charge in [0.1, 0.15) is 11.2 Å². The van der Waals surface area contributed by atoms with Crippen LogP contribution in [0.2, 0.25) is 0 Å². The van der Waals surface area contributed by atoms with E-state index in [2.05, 4.69) is 248 Å². The van der Waals surface area contributed by atoms with E-state index in [9.17, 15) is 0 Å². The highest BCUT2D eigenvalue weighted by molar-refractivity contribution is 6.09. The van der Waals surface area contributed by atoms with Gasteiger partial charge in [-0.2, -0.15) is 0 Å². The summed E-state index contributed by atoms with van der Waals surface area (Å²) in [5, 5.41) is 4.77. The molecule has 1 aromatic heterocycles. The number of hydrogen-bond donors (Lipinski definition) is 0. The predicted octanol–water partition coefficient (Wildman–Crippen LogP) is 17.7. The van der Waals surface area contributed by atoms with E-state index >= 15 is 0 Å². The first-order valence-corrected chi connectivity index (χ1v) is 23.4. The Hall–Kier alpha value is -8.46. The molecule has 1 heterocycles. The van der Waals surface area contributed by atoms with E-state index in [0.717, 1.165) is 62.8 Å². The van der Waals surface area contributed by atoms with Crippen LogP contribution in [0.1, 0.15) is 35.1 Å². The van der Waals surface area contributed by atoms with Crippen LogP contribution < -0.4 is 4.90 Å². The second kappa shape index (κ2) is 15.9. The molecule has 2 aliphatic carbocycles. The molecule has 0 saturated carbocycles. The third-order valence-electron chi connectivity index (χ3n) is 14.2. The quantitative estimate of drug-likeness (QED) is 0.151. The van der Waals surface area contributed by atoms with Gasteiger partial charge in [-0.05, 0) is 122 Å². The molecule has 67 heavy (non-hydrogen) atoms. The first-order valence-electron chi connectivity index (χ1n) is 23.4. The second-order valence-corrected chi connectivity index (χ2v) is 17.8. The Bertz CT molecular complexity index is 3700. The zero-order valence-electron chi connectivity index (χ0n) is 36.9. The largest absolute Gasteiger partial charge is 0.455 e. The highest BCUT2D eigenvalue weighted by Gasteiger charge is 2.48. The fourth-order valence-corrected chi connectivity index (χ4v) is 11.3. The maximum absolute atomic E-state index is 6.54. The fraction of sp³-hybridized carbons (Fsp3) is 0.0462. The fourth-order valence-electron chi connectivity index (χ4n) is 11.3. The van der Waals surface area contributed by atoms with Crippen molar-refractivity contribution in [2.45, 2.75) is 18.3 Å². The van der Waals surface area contributed by atoms with Gasteiger partial charge in [-0.3, -0.25) is 0 Å². The van der Waals surface area contributed by atoms with Gasteiger partial charge in [-0.15, -0.1) is 0 Å². The molecule has 0 bridgehead atoms. The van der Waals surface area contributed by atoms with E-state index in [-0.39, 0.29) is 0 Å². The van der Waals surface area contributed by atoms with Crippen LogP contribution in [-0.2, 0) is 5.41 Å². The van der Waals surface area contributed by atoms with E-state index in [4.69, 9.17) is 4.42 Å². The number of nitrogens with zero attached hydrogens (tertiary/aromatic N) is 1. The summed E-state index contributed by atoms with van der Waals surface area (Å²) >= 11 is 0. The molecular weight excluding hydrogens is 811 g/mol. The van der Waals surface area contributed by atoms with Crippen molar-refractivity contribution in [1.82, 2.24) is 0 Å². The summed E-state index contributed by atoms with van der Waals surface area (Å²) in [5.74, 6) is 0. The van der Waals surface area contributed by atoms with Gasteiger partial charge >= 0.3 is 0 Å². The van der Waals surface area contributed by atoms with Gasteiger partial charge in [0.05, 0.1) is 11.1 Å². The van der Waals surface area contributed by atoms with Crippen molar-refractivity contribution in [3.05, 3.63) is 277 Å². The Morgan fingerprint density at radius 1 is 0.433 bits per heavy atom. The summed E-state index contributed by atoms with van der Waals surface area (Å²) in [4.78, 5) is 2.50. The molecule has 0 spiro atoms. The summed E-state index contributed by atoms with van der Waals surface area (Å²) in [5.41, 5.74) is 19.6. The van der Waals surface area contributed by atoms with Gasteiger partial charge in [0, 0.05) is 33.3 Å². The van der Waals surface area contributed by atoms with Gasteiger partial charge in [0.2, 0.25) is 0 Å². The van der Waals surface area contributed by atoms with Gasteiger partial charge in [0.15, 0.2) is 0 Å². The molecule has 11 aromatic rings. The van der Waals surface area contributed by atoms with E-state index in [1.165, 1.54) is 66.6 Å². The molecule has 0 N–H and O–H groups in total. The van der Waals surface area contributed by atoms with Crippen molar-refractivity contribution in [3.8, 4) is 33.4 Å². The Kier molecular flexibility index (Phi) is 9.25. The molecule has 0 amide bonds. The Morgan fingerprint density at radius 2 is 1.06 bits per heavy atom. The molecule has 2 heteroatoms. The lowest BCUT2D eigenvalue weighted by Gasteiger charge is -2.35. The number of benzene rings is 10. The van der Waals surface area contributed by atoms with Gasteiger partial charge < -0.3 is 9.32 Å². The molecule has 0 radical (unpaired) electrons. The topological polar surface area (TPSA) is 16.4 Å². The molecule has 2 aliphatic rings. The standard InChI is InChI=1S/C65H45NO/c1-3-23-49(24-4-1)65(50-25-5-2-6-26-50)59-34-11-9-30-58(59)63-60(65)35-17-36-61(63)66(51-40-38-45(39-41-51)55-32-16-33-57-56-29-10-12-37-62(56)67-64(55)57)52-27-14-21-47(43-52)46-20-13-22-48(42-46)54-31-15-19-44-18-7-8-28-53(44)54/h1-8,10-29,31-43H,9,30H2. The minimum atomic E-state index is -0.481. The number of para-hydroxylation sites is 2. The van der Waals surface area contributed by atoms with Crippen LogP contribution in [0, 0.1) is 0 Å². The van der Waals surface area contributed by atoms with Gasteiger partial charge in [-0.25, -0.2) is 0 Å². The third kappa shape index (κ3) is 6.25. The van der Waals surface area contributed by atoms with Crippen LogP contribution in [0.25, 0.3) is 71.7 Å². The van der Waals surface area contributed by atoms with E-state index in [1.54, 1.807) is 0 Å². The van der Waals surface area contributed by atoms with Crippen LogP contribution in [-0.4, -0.2) is 0 Å². The molecule has 0 atom stereocenters. The summed E-state index contributed by atoms with van der Waals surface area (Å²) in [6.45, 7) is 0. The average Bonchev–Trinajstić information content (AvgIpc) is 3.94. The van der Waals surface area contributed by atoms with Crippen LogP contribution >= 0.6 is 0 Å². The number of rotatable bonds is 8. The van der Waals surface area contributed by atoms with Crippen LogP contribution in [0.4, 0.5) is 17.1 Å². The van der Waals surface area contributed by atoms with Crippen molar-refractivity contribution < 1.29 is 4.42 Å². The Morgan fingerprint density at radius 3 is 1.88 bits per heavy atom. The SMILES string of the molecule is C1=CC2=C(CC1)c1c(N(c3ccc(-c4cccc5c4oc4ccccc45)cc3)c3cccc(-c4cccc(-c5cccc6ccccc56)c4)c3)cccc1C2(c1ccccc1)c1ccccc1. The first kappa shape index (κ1) is 39.0. The van der Waals surface area contributed by atoms with Crippen LogP contribution in [0.3, 0.4) is 0 Å². The highest BCUT2D eigenvalue weighted by atomic mass is 16.3. The van der Waals surface area contributed by atoms with Gasteiger partial charge in [-0.1, -0.05) is 206 Å². The van der Waals surface area contributed by atoms with E-state index in [0.29, 0.717) is 0 Å². The molecular formula is C65H45NO. The summed E-state index contributed by atoms with van der Waals surface area (Å²) in [6, 6.07) is 86.6. The van der Waals surface area contributed by atoms with E-state index < -0.39 is 5.41 Å². The molecule has 0 aliphatic heterocycles. The van der Waals surface area contributed by atoms with Crippen molar-refractivity contribution in [1.29, 1.82) is 0 Å². The lowest BCUT2D eigenvalue weighted by atomic mass is 9.66. The maximum atomic E-state index is 6.54. The molecule has 13 rings (SSSR count). The smallest absolute Gasteiger partial charge is 0.143 e. The molecule has 0 fully saturated rings. The van der Waals surface area contributed by atoms with Crippen molar-refractivity contribution >= 4 is 55.3 Å². The number of fused-ring (bicyclic) bond motifs is 6. The van der Waals surface area contributed by atoms with Crippen LogP contribution in [0.5, 0.6) is 0 Å². The second-order valence-electron chi connectivity index (χ2n) is 17.8. The lowest BCUT2D eigenvalue weighted by Crippen LogP contribution is -2.29. The number of allylic oxidation sites excluding steroid dienone is 4. The number of furan rings is 1. The average molecular weight is 856 g/mol. The summed E-state index contributed by atoms with van der Waals surface area (Å²) in [7, 11) is 0. The summed E-state index contributed by atoms with van der Waals surface area (Å²) in [6.07, 6.45) is 6.76. The minimum absolute atomic E-state index is 0.481. The summed E-state index contributed by atoms with van der Waals surface area (Å²) < 4.78 is 6.54. The maximum Gasteiger partial charge on any atom is 0.143 e. The highest BCUT2D eigenvalue weighted by Crippen LogP contribution is 2.60. The Balaban J connectivity index is 1.01.